The molecule has 0 aliphatic carbocycles. The first-order chi connectivity index (χ1) is 13.5. The molecule has 30 heavy (non-hydrogen) atoms. The van der Waals surface area contributed by atoms with Crippen molar-refractivity contribution >= 4 is 24.5 Å². The van der Waals surface area contributed by atoms with Crippen molar-refractivity contribution in [3.63, 3.8) is 0 Å². The van der Waals surface area contributed by atoms with Crippen molar-refractivity contribution in [2.24, 2.45) is 0 Å². The monoisotopic (exact) mass is 475 g/mol. The minimum absolute atomic E-state index is 0.246. The van der Waals surface area contributed by atoms with E-state index in [-0.39, 0.29) is 13.0 Å². The third-order valence-electron chi connectivity index (χ3n) is 3.58. The second-order valence-electron chi connectivity index (χ2n) is 6.07. The normalized spacial score (nSPS) is 14.7. The van der Waals surface area contributed by atoms with Gasteiger partial charge in [-0.3, -0.25) is 4.79 Å². The van der Waals surface area contributed by atoms with Crippen molar-refractivity contribution in [1.29, 1.82) is 0 Å². The van der Waals surface area contributed by atoms with Crippen LogP contribution in [0.15, 0.2) is 12.4 Å². The molecule has 176 valence electrons. The van der Waals surface area contributed by atoms with Crippen LogP contribution in [-0.4, -0.2) is 48.2 Å². The second kappa shape index (κ2) is 11.2. The number of carbonyl (C=O) groups is 2. The third kappa shape index (κ3) is 7.93. The summed E-state index contributed by atoms with van der Waals surface area (Å²) in [5, 5.41) is -2.84. The average molecular weight is 475 g/mol. The lowest BCUT2D eigenvalue weighted by molar-refractivity contribution is -0.347. The zero-order valence-electron chi connectivity index (χ0n) is 15.8. The number of carbonyl (C=O) groups excluding carboxylic acids is 2. The van der Waals surface area contributed by atoms with E-state index in [1.54, 1.807) is 6.92 Å². The van der Waals surface area contributed by atoms with Crippen LogP contribution in [0.1, 0.15) is 39.0 Å². The Kier molecular flexibility index (Phi) is 10.6. The molecule has 1 atom stereocenters. The van der Waals surface area contributed by atoms with E-state index in [4.69, 9.17) is 0 Å². The summed E-state index contributed by atoms with van der Waals surface area (Å²) >= 11 is 2.45. The summed E-state index contributed by atoms with van der Waals surface area (Å²) in [6.45, 7) is 2.74. The van der Waals surface area contributed by atoms with Crippen LogP contribution in [0.2, 0.25) is 0 Å². The lowest BCUT2D eigenvalue weighted by Gasteiger charge is -2.33. The quantitative estimate of drug-likeness (QED) is 0.103. The van der Waals surface area contributed by atoms with E-state index in [1.165, 1.54) is 0 Å². The zero-order valence-corrected chi connectivity index (χ0v) is 16.7. The molecule has 1 amide bonds. The number of alkyl halides is 7. The number of esters is 1. The molecule has 0 aromatic rings. The van der Waals surface area contributed by atoms with Gasteiger partial charge in [0.1, 0.15) is 0 Å². The Labute approximate surface area is 172 Å². The Bertz CT molecular complexity index is 609. The molecule has 5 nitrogen and oxygen atoms in total. The lowest BCUT2D eigenvalue weighted by Crippen LogP contribution is -2.61. The van der Waals surface area contributed by atoms with Crippen LogP contribution in [0.4, 0.5) is 35.1 Å². The van der Waals surface area contributed by atoms with E-state index in [2.05, 4.69) is 28.7 Å². The largest absolute Gasteiger partial charge is 0.466 e. The minimum Gasteiger partial charge on any atom is -0.410 e. The van der Waals surface area contributed by atoms with E-state index < -0.39 is 66.7 Å². The fraction of sp³-hybridized carbons (Fsp3) is 0.750. The molecule has 1 N–H and O–H groups in total. The summed E-state index contributed by atoms with van der Waals surface area (Å²) in [6.07, 6.45) is -7.83. The number of unbranched alkanes of at least 4 members (excludes halogenated alkanes) is 2. The van der Waals surface area contributed by atoms with Gasteiger partial charge >= 0.3 is 35.0 Å². The molecular formula is C16H21F8NO4S. The van der Waals surface area contributed by atoms with Crippen molar-refractivity contribution in [2.75, 3.05) is 13.2 Å². The summed E-state index contributed by atoms with van der Waals surface area (Å²) < 4.78 is 113. The molecule has 0 aromatic heterocycles. The first-order valence-corrected chi connectivity index (χ1v) is 9.01. The fourth-order valence-corrected chi connectivity index (χ4v) is 2.02. The first kappa shape index (κ1) is 28.4. The maximum atomic E-state index is 13.6. The van der Waals surface area contributed by atoms with Gasteiger partial charge in [0.15, 0.2) is 0 Å². The molecule has 0 aromatic carbocycles. The van der Waals surface area contributed by atoms with Crippen molar-refractivity contribution in [3.8, 4) is 0 Å². The molecule has 0 saturated heterocycles. The minimum atomic E-state index is -5.70. The Morgan fingerprint density at radius 3 is 2.03 bits per heavy atom. The highest BCUT2D eigenvalue weighted by Crippen LogP contribution is 2.41. The number of halogens is 8. The van der Waals surface area contributed by atoms with Gasteiger partial charge in [0, 0.05) is 13.0 Å². The molecule has 0 heterocycles. The molecule has 14 heteroatoms. The van der Waals surface area contributed by atoms with Crippen LogP contribution in [0.25, 0.3) is 0 Å². The van der Waals surface area contributed by atoms with Crippen molar-refractivity contribution in [1.82, 2.24) is 5.32 Å². The summed E-state index contributed by atoms with van der Waals surface area (Å²) in [6, 6.07) is 0. The Morgan fingerprint density at radius 1 is 1.03 bits per heavy atom. The van der Waals surface area contributed by atoms with Crippen LogP contribution in [0.5, 0.6) is 0 Å². The molecule has 1 unspecified atom stereocenters. The van der Waals surface area contributed by atoms with Crippen LogP contribution >= 0.6 is 12.6 Å². The Hall–Kier alpha value is -1.57. The highest BCUT2D eigenvalue weighted by molar-refractivity contribution is 7.81. The zero-order chi connectivity index (χ0) is 23.8. The molecule has 0 fully saturated rings. The number of hydrogen-bond donors (Lipinski definition) is 2. The maximum Gasteiger partial charge on any atom is 0.466 e. The standard InChI is InChI=1S/C16H21F8NO4S/c1-3-4-8-25-12(27)14(15(20,21)22,29-11(26)10(2)17)28-9-6-5-7-13(18,19)16(23,24)30/h30H,2-9H2,1H3,(H,25,27). The van der Waals surface area contributed by atoms with Crippen LogP contribution in [0, 0.1) is 0 Å². The molecule has 0 bridgehead atoms. The van der Waals surface area contributed by atoms with Gasteiger partial charge in [-0.15, -0.1) is 0 Å². The first-order valence-electron chi connectivity index (χ1n) is 8.56. The van der Waals surface area contributed by atoms with Gasteiger partial charge in [-0.05, 0) is 19.3 Å². The smallest absolute Gasteiger partial charge is 0.410 e. The lowest BCUT2D eigenvalue weighted by atomic mass is 10.1. The average Bonchev–Trinajstić information content (AvgIpc) is 2.57. The number of thiol groups is 1. The van der Waals surface area contributed by atoms with Gasteiger partial charge in [-0.2, -0.15) is 35.1 Å². The molecular weight excluding hydrogens is 454 g/mol. The van der Waals surface area contributed by atoms with Crippen LogP contribution < -0.4 is 5.32 Å². The molecule has 0 rings (SSSR count). The van der Waals surface area contributed by atoms with Gasteiger partial charge in [0.2, 0.25) is 5.83 Å². The number of nitrogens with one attached hydrogen (secondary N) is 1. The van der Waals surface area contributed by atoms with Gasteiger partial charge in [0.05, 0.1) is 6.61 Å². The summed E-state index contributed by atoms with van der Waals surface area (Å²) in [7, 11) is 0. The number of hydrogen-bond acceptors (Lipinski definition) is 5. The molecule has 0 radical (unpaired) electrons. The topological polar surface area (TPSA) is 64.6 Å². The van der Waals surface area contributed by atoms with E-state index in [0.717, 1.165) is 0 Å². The van der Waals surface area contributed by atoms with E-state index in [9.17, 15) is 44.7 Å². The predicted octanol–water partition coefficient (Wildman–Crippen LogP) is 4.53. The summed E-state index contributed by atoms with van der Waals surface area (Å²) in [5.74, 6) is -15.0. The maximum absolute atomic E-state index is 13.6. The highest BCUT2D eigenvalue weighted by atomic mass is 32.1. The van der Waals surface area contributed by atoms with Crippen molar-refractivity contribution < 1.29 is 54.2 Å². The van der Waals surface area contributed by atoms with E-state index >= 15 is 0 Å². The van der Waals surface area contributed by atoms with E-state index in [0.29, 0.717) is 6.42 Å². The third-order valence-corrected chi connectivity index (χ3v) is 3.90. The van der Waals surface area contributed by atoms with Gasteiger partial charge < -0.3 is 14.8 Å². The molecule has 0 aliphatic heterocycles. The number of rotatable bonds is 13. The van der Waals surface area contributed by atoms with Gasteiger partial charge in [0.25, 0.3) is 0 Å². The van der Waals surface area contributed by atoms with Crippen molar-refractivity contribution in [2.45, 2.75) is 62.2 Å². The van der Waals surface area contributed by atoms with Crippen LogP contribution in [0.3, 0.4) is 0 Å². The van der Waals surface area contributed by atoms with Crippen LogP contribution in [-0.2, 0) is 19.1 Å². The van der Waals surface area contributed by atoms with Gasteiger partial charge in [-0.1, -0.05) is 32.6 Å². The summed E-state index contributed by atoms with van der Waals surface area (Å²) in [4.78, 5) is 23.4. The SMILES string of the molecule is C=C(F)C(=O)OC(OCCCCC(F)(F)C(F)(F)S)(C(=O)NCCCC)C(F)(F)F. The highest BCUT2D eigenvalue weighted by Gasteiger charge is 2.66. The Balaban J connectivity index is 5.39. The fourth-order valence-electron chi connectivity index (χ4n) is 1.91. The predicted molar refractivity (Wildman–Crippen MR) is 91.7 cm³/mol. The van der Waals surface area contributed by atoms with Gasteiger partial charge in [-0.25, -0.2) is 4.79 Å². The second-order valence-corrected chi connectivity index (χ2v) is 6.63. The number of ether oxygens (including phenoxy) is 2. The van der Waals surface area contributed by atoms with Crippen molar-refractivity contribution in [3.05, 3.63) is 12.4 Å². The Morgan fingerprint density at radius 2 is 1.60 bits per heavy atom. The number of amides is 1. The summed E-state index contributed by atoms with van der Waals surface area (Å²) in [5.41, 5.74) is 0. The molecule has 0 saturated carbocycles. The molecule has 0 aliphatic rings. The van der Waals surface area contributed by atoms with E-state index in [1.807, 2.05) is 5.32 Å². The molecule has 0 spiro atoms.